The molecule has 1 unspecified atom stereocenters. The Labute approximate surface area is 121 Å². The van der Waals surface area contributed by atoms with E-state index in [1.165, 1.54) is 0 Å². The summed E-state index contributed by atoms with van der Waals surface area (Å²) in [5.74, 6) is 1.98. The Morgan fingerprint density at radius 1 is 1.29 bits per heavy atom. The van der Waals surface area contributed by atoms with Gasteiger partial charge in [-0.1, -0.05) is 12.1 Å². The van der Waals surface area contributed by atoms with Crippen LogP contribution in [0.15, 0.2) is 47.1 Å². The fraction of sp³-hybridized carbons (Fsp3) is 0.250. The van der Waals surface area contributed by atoms with Gasteiger partial charge in [-0.05, 0) is 24.3 Å². The number of carbonyl (C=O) groups excluding carboxylic acids is 1. The highest BCUT2D eigenvalue weighted by molar-refractivity contribution is 5.80. The fourth-order valence-corrected chi connectivity index (χ4v) is 2.86. The highest BCUT2D eigenvalue weighted by Gasteiger charge is 2.32. The van der Waals surface area contributed by atoms with Gasteiger partial charge in [0.15, 0.2) is 0 Å². The van der Waals surface area contributed by atoms with Crippen molar-refractivity contribution in [3.8, 4) is 0 Å². The van der Waals surface area contributed by atoms with Crippen molar-refractivity contribution in [2.45, 2.75) is 18.9 Å². The number of hydrogen-bond acceptors (Lipinski definition) is 3. The highest BCUT2D eigenvalue weighted by Crippen LogP contribution is 2.28. The van der Waals surface area contributed by atoms with Gasteiger partial charge in [0.2, 0.25) is 5.91 Å². The molecule has 5 nitrogen and oxygen atoms in total. The number of furan rings is 1. The number of aromatic nitrogens is 2. The number of likely N-dealkylation sites (tertiary alicyclic amines) is 1. The first-order valence-corrected chi connectivity index (χ1v) is 7.04. The Kier molecular flexibility index (Phi) is 2.77. The van der Waals surface area contributed by atoms with Crippen LogP contribution in [0.2, 0.25) is 0 Å². The first-order valence-electron chi connectivity index (χ1n) is 7.04. The van der Waals surface area contributed by atoms with E-state index in [1.54, 1.807) is 6.26 Å². The number of nitrogens with one attached hydrogen (secondary N) is 1. The summed E-state index contributed by atoms with van der Waals surface area (Å²) in [6.07, 6.45) is 2.13. The van der Waals surface area contributed by atoms with Gasteiger partial charge in [-0.15, -0.1) is 0 Å². The van der Waals surface area contributed by atoms with Crippen LogP contribution in [0.3, 0.4) is 0 Å². The molecule has 2 aromatic heterocycles. The van der Waals surface area contributed by atoms with Crippen molar-refractivity contribution in [2.75, 3.05) is 6.54 Å². The Balaban J connectivity index is 1.55. The number of hydrogen-bond donors (Lipinski definition) is 1. The quantitative estimate of drug-likeness (QED) is 0.802. The largest absolute Gasteiger partial charge is 0.467 e. The minimum absolute atomic E-state index is 0.125. The topological polar surface area (TPSA) is 62.1 Å². The molecule has 1 N–H and O–H groups in total. The monoisotopic (exact) mass is 281 g/mol. The second kappa shape index (κ2) is 4.77. The maximum atomic E-state index is 12.1. The van der Waals surface area contributed by atoms with Crippen molar-refractivity contribution in [1.29, 1.82) is 0 Å². The first kappa shape index (κ1) is 12.2. The van der Waals surface area contributed by atoms with Crippen molar-refractivity contribution < 1.29 is 9.21 Å². The van der Waals surface area contributed by atoms with Crippen LogP contribution >= 0.6 is 0 Å². The maximum absolute atomic E-state index is 12.1. The number of imidazole rings is 1. The molecule has 4 rings (SSSR count). The molecule has 1 aliphatic heterocycles. The number of aromatic amines is 1. The molecular weight excluding hydrogens is 266 g/mol. The average molecular weight is 281 g/mol. The Morgan fingerprint density at radius 3 is 3.00 bits per heavy atom. The zero-order chi connectivity index (χ0) is 14.2. The van der Waals surface area contributed by atoms with E-state index < -0.39 is 0 Å². The molecule has 3 aromatic rings. The van der Waals surface area contributed by atoms with Crippen LogP contribution in [0.1, 0.15) is 23.9 Å². The van der Waals surface area contributed by atoms with E-state index >= 15 is 0 Å². The predicted molar refractivity (Wildman–Crippen MR) is 77.6 cm³/mol. The average Bonchev–Trinajstić information content (AvgIpc) is 3.19. The molecule has 3 heterocycles. The summed E-state index contributed by atoms with van der Waals surface area (Å²) in [6, 6.07) is 11.7. The van der Waals surface area contributed by atoms with Crippen LogP contribution in [0.25, 0.3) is 11.0 Å². The number of amides is 1. The highest BCUT2D eigenvalue weighted by atomic mass is 16.3. The number of benzene rings is 1. The molecule has 5 heteroatoms. The van der Waals surface area contributed by atoms with E-state index in [-0.39, 0.29) is 11.8 Å². The maximum Gasteiger partial charge on any atom is 0.223 e. The molecule has 0 aliphatic carbocycles. The van der Waals surface area contributed by atoms with Gasteiger partial charge >= 0.3 is 0 Å². The lowest BCUT2D eigenvalue weighted by Gasteiger charge is -2.14. The normalized spacial score (nSPS) is 18.8. The SMILES string of the molecule is O=C1CC(c2nc3ccccc3[nH]2)CN1Cc1ccco1. The number of rotatable bonds is 3. The molecule has 1 aromatic carbocycles. The Hall–Kier alpha value is -2.56. The minimum atomic E-state index is 0.125. The van der Waals surface area contributed by atoms with Crippen molar-refractivity contribution in [3.63, 3.8) is 0 Å². The van der Waals surface area contributed by atoms with E-state index in [1.807, 2.05) is 41.3 Å². The van der Waals surface area contributed by atoms with Gasteiger partial charge in [0, 0.05) is 18.9 Å². The molecule has 0 bridgehead atoms. The van der Waals surface area contributed by atoms with Gasteiger partial charge in [-0.3, -0.25) is 4.79 Å². The summed E-state index contributed by atoms with van der Waals surface area (Å²) in [5, 5.41) is 0. The molecule has 1 amide bonds. The minimum Gasteiger partial charge on any atom is -0.467 e. The third-order valence-corrected chi connectivity index (χ3v) is 3.94. The van der Waals surface area contributed by atoms with Crippen LogP contribution in [-0.4, -0.2) is 27.3 Å². The summed E-state index contributed by atoms with van der Waals surface area (Å²) in [6.45, 7) is 1.21. The molecule has 1 fully saturated rings. The number of carbonyl (C=O) groups is 1. The number of para-hydroxylation sites is 2. The number of fused-ring (bicyclic) bond motifs is 1. The van der Waals surface area contributed by atoms with Crippen LogP contribution in [0.5, 0.6) is 0 Å². The number of nitrogens with zero attached hydrogens (tertiary/aromatic N) is 2. The van der Waals surface area contributed by atoms with Crippen molar-refractivity contribution in [1.82, 2.24) is 14.9 Å². The summed E-state index contributed by atoms with van der Waals surface area (Å²) in [4.78, 5) is 21.9. The molecule has 0 saturated carbocycles. The summed E-state index contributed by atoms with van der Waals surface area (Å²) >= 11 is 0. The summed E-state index contributed by atoms with van der Waals surface area (Å²) in [5.41, 5.74) is 1.97. The molecule has 0 spiro atoms. The second-order valence-corrected chi connectivity index (χ2v) is 5.39. The van der Waals surface area contributed by atoms with Gasteiger partial charge in [0.05, 0.1) is 23.8 Å². The molecule has 21 heavy (non-hydrogen) atoms. The van der Waals surface area contributed by atoms with Crippen LogP contribution < -0.4 is 0 Å². The van der Waals surface area contributed by atoms with E-state index in [0.29, 0.717) is 19.5 Å². The smallest absolute Gasteiger partial charge is 0.223 e. The van der Waals surface area contributed by atoms with Gasteiger partial charge in [0.25, 0.3) is 0 Å². The third-order valence-electron chi connectivity index (χ3n) is 3.94. The lowest BCUT2D eigenvalue weighted by molar-refractivity contribution is -0.128. The van der Waals surface area contributed by atoms with Crippen molar-refractivity contribution >= 4 is 16.9 Å². The molecule has 106 valence electrons. The Bertz CT molecular complexity index is 743. The van der Waals surface area contributed by atoms with Crippen LogP contribution in [-0.2, 0) is 11.3 Å². The van der Waals surface area contributed by atoms with E-state index in [4.69, 9.17) is 4.42 Å². The lowest BCUT2D eigenvalue weighted by Crippen LogP contribution is -2.24. The van der Waals surface area contributed by atoms with Gasteiger partial charge in [-0.25, -0.2) is 4.98 Å². The molecular formula is C16H15N3O2. The number of H-pyrrole nitrogens is 1. The molecule has 1 aliphatic rings. The lowest BCUT2D eigenvalue weighted by atomic mass is 10.1. The predicted octanol–water partition coefficient (Wildman–Crippen LogP) is 2.67. The summed E-state index contributed by atoms with van der Waals surface area (Å²) in [7, 11) is 0. The van der Waals surface area contributed by atoms with Crippen molar-refractivity contribution in [2.24, 2.45) is 0 Å². The molecule has 1 saturated heterocycles. The van der Waals surface area contributed by atoms with Gasteiger partial charge in [0.1, 0.15) is 11.6 Å². The zero-order valence-electron chi connectivity index (χ0n) is 11.5. The van der Waals surface area contributed by atoms with E-state index in [2.05, 4.69) is 9.97 Å². The van der Waals surface area contributed by atoms with Gasteiger partial charge in [-0.2, -0.15) is 0 Å². The second-order valence-electron chi connectivity index (χ2n) is 5.39. The van der Waals surface area contributed by atoms with E-state index in [0.717, 1.165) is 22.6 Å². The Morgan fingerprint density at radius 2 is 2.19 bits per heavy atom. The first-order chi connectivity index (χ1) is 10.3. The standard InChI is InChI=1S/C16H15N3O2/c20-15-8-11(9-19(15)10-12-4-3-7-21-12)16-17-13-5-1-2-6-14(13)18-16/h1-7,11H,8-10H2,(H,17,18). The van der Waals surface area contributed by atoms with Gasteiger partial charge < -0.3 is 14.3 Å². The van der Waals surface area contributed by atoms with Crippen molar-refractivity contribution in [3.05, 3.63) is 54.2 Å². The van der Waals surface area contributed by atoms with E-state index in [9.17, 15) is 4.79 Å². The van der Waals surface area contributed by atoms with Crippen LogP contribution in [0.4, 0.5) is 0 Å². The van der Waals surface area contributed by atoms with Crippen LogP contribution in [0, 0.1) is 0 Å². The molecule has 0 radical (unpaired) electrons. The molecule has 1 atom stereocenters. The third kappa shape index (κ3) is 2.20. The summed E-state index contributed by atoms with van der Waals surface area (Å²) < 4.78 is 5.32. The zero-order valence-corrected chi connectivity index (χ0v) is 11.5. The fourth-order valence-electron chi connectivity index (χ4n) is 2.86.